The lowest BCUT2D eigenvalue weighted by Crippen LogP contribution is -2.12. The van der Waals surface area contributed by atoms with E-state index in [0.717, 1.165) is 0 Å². The maximum atomic E-state index is 11.7. The number of hydrogen-bond donors (Lipinski definition) is 1. The largest absolute Gasteiger partial charge is 0.493 e. The first-order chi connectivity index (χ1) is 11.1. The number of rotatable bonds is 5. The second kappa shape index (κ2) is 7.39. The zero-order valence-electron chi connectivity index (χ0n) is 12.9. The normalized spacial score (nSPS) is 11.0. The lowest BCUT2D eigenvalue weighted by molar-refractivity contribution is -0.143. The van der Waals surface area contributed by atoms with E-state index in [-0.39, 0.29) is 31.3 Å². The van der Waals surface area contributed by atoms with Crippen LogP contribution in [0.2, 0.25) is 0 Å². The van der Waals surface area contributed by atoms with E-state index in [1.165, 1.54) is 4.57 Å². The van der Waals surface area contributed by atoms with Crippen LogP contribution in [-0.4, -0.2) is 34.9 Å². The van der Waals surface area contributed by atoms with Gasteiger partial charge in [-0.05, 0) is 19.9 Å². The number of nitrogens with zero attached hydrogens (tertiary/aromatic N) is 3. The van der Waals surface area contributed by atoms with Crippen molar-refractivity contribution in [3.05, 3.63) is 24.3 Å². The summed E-state index contributed by atoms with van der Waals surface area (Å²) in [5.41, 5.74) is 0.675. The first-order valence-electron chi connectivity index (χ1n) is 7.12. The van der Waals surface area contributed by atoms with Crippen molar-refractivity contribution < 1.29 is 24.2 Å². The summed E-state index contributed by atoms with van der Waals surface area (Å²) in [6.07, 6.45) is -0.853. The minimum Gasteiger partial charge on any atom is -0.493 e. The number of carbonyl (C=O) groups excluding carboxylic acids is 2. The Balaban J connectivity index is 2.43. The van der Waals surface area contributed by atoms with Gasteiger partial charge in [0.15, 0.2) is 5.69 Å². The fourth-order valence-corrected chi connectivity index (χ4v) is 2.11. The van der Waals surface area contributed by atoms with E-state index in [4.69, 9.17) is 4.74 Å². The molecule has 0 fully saturated rings. The van der Waals surface area contributed by atoms with Crippen molar-refractivity contribution in [3.8, 4) is 5.88 Å². The summed E-state index contributed by atoms with van der Waals surface area (Å²) >= 11 is 0. The van der Waals surface area contributed by atoms with Crippen molar-refractivity contribution >= 4 is 28.7 Å². The average molecular weight is 319 g/mol. The van der Waals surface area contributed by atoms with Crippen LogP contribution in [-0.2, 0) is 20.8 Å². The molecule has 8 nitrogen and oxygen atoms in total. The summed E-state index contributed by atoms with van der Waals surface area (Å²) in [6.45, 7) is 3.60. The first-order valence-corrected chi connectivity index (χ1v) is 7.12. The second-order valence-corrected chi connectivity index (χ2v) is 4.48. The Morgan fingerprint density at radius 3 is 2.57 bits per heavy atom. The van der Waals surface area contributed by atoms with Gasteiger partial charge in [-0.1, -0.05) is 23.3 Å². The topological polar surface area (TPSA) is 102 Å². The Morgan fingerprint density at radius 2 is 1.87 bits per heavy atom. The number of carbonyl (C=O) groups is 2. The van der Waals surface area contributed by atoms with Crippen molar-refractivity contribution in [1.82, 2.24) is 4.57 Å². The van der Waals surface area contributed by atoms with Crippen molar-refractivity contribution in [1.29, 1.82) is 0 Å². The summed E-state index contributed by atoms with van der Waals surface area (Å²) in [6, 6.07) is 6.93. The van der Waals surface area contributed by atoms with Gasteiger partial charge < -0.3 is 14.6 Å². The van der Waals surface area contributed by atoms with E-state index in [1.807, 2.05) is 0 Å². The highest BCUT2D eigenvalue weighted by atomic mass is 16.5. The molecule has 8 heteroatoms. The van der Waals surface area contributed by atoms with Crippen LogP contribution >= 0.6 is 0 Å². The molecule has 0 saturated heterocycles. The number of fused-ring (bicyclic) bond motifs is 1. The number of benzene rings is 1. The highest BCUT2D eigenvalue weighted by molar-refractivity contribution is 5.96. The lowest BCUT2D eigenvalue weighted by Gasteiger charge is -2.06. The van der Waals surface area contributed by atoms with E-state index in [1.54, 1.807) is 38.1 Å². The Labute approximate surface area is 132 Å². The Morgan fingerprint density at radius 1 is 1.17 bits per heavy atom. The van der Waals surface area contributed by atoms with Crippen molar-refractivity contribution in [3.63, 3.8) is 0 Å². The monoisotopic (exact) mass is 319 g/mol. The zero-order valence-corrected chi connectivity index (χ0v) is 12.9. The van der Waals surface area contributed by atoms with Crippen molar-refractivity contribution in [2.24, 2.45) is 10.2 Å². The summed E-state index contributed by atoms with van der Waals surface area (Å²) in [5, 5.41) is 18.0. The Bertz CT molecular complexity index is 751. The number of azo groups is 1. The van der Waals surface area contributed by atoms with Crippen molar-refractivity contribution in [2.45, 2.75) is 20.4 Å². The standard InChI is InChI=1S/C15H17N3O5/c1-3-22-12(19)9-18-11-8-6-5-7-10(11)13(14(18)20)16-17-15(21)23-4-2/h5-8,20H,3-4,9H2,1-2H3. The van der Waals surface area contributed by atoms with Crippen LogP contribution in [0.1, 0.15) is 13.8 Å². The highest BCUT2D eigenvalue weighted by Gasteiger charge is 2.19. The molecule has 2 aromatic rings. The van der Waals surface area contributed by atoms with Crippen LogP contribution in [0.25, 0.3) is 10.9 Å². The summed E-state index contributed by atoms with van der Waals surface area (Å²) in [5.74, 6) is -0.760. The first kappa shape index (κ1) is 16.5. The smallest absolute Gasteiger partial charge is 0.452 e. The predicted molar refractivity (Wildman–Crippen MR) is 81.8 cm³/mol. The molecule has 0 atom stereocenters. The molecule has 1 N–H and O–H groups in total. The van der Waals surface area contributed by atoms with E-state index in [9.17, 15) is 14.7 Å². The zero-order chi connectivity index (χ0) is 16.8. The van der Waals surface area contributed by atoms with Gasteiger partial charge in [0.1, 0.15) is 6.54 Å². The lowest BCUT2D eigenvalue weighted by atomic mass is 10.2. The minimum absolute atomic E-state index is 0.0953. The molecule has 1 amide bonds. The van der Waals surface area contributed by atoms with Gasteiger partial charge in [0, 0.05) is 5.39 Å². The molecular formula is C15H17N3O5. The number of amides is 1. The molecule has 1 aromatic carbocycles. The van der Waals surface area contributed by atoms with Gasteiger partial charge in [0.2, 0.25) is 5.88 Å². The third-order valence-corrected chi connectivity index (χ3v) is 3.01. The Kier molecular flexibility index (Phi) is 5.29. The molecule has 122 valence electrons. The fourth-order valence-electron chi connectivity index (χ4n) is 2.11. The SMILES string of the molecule is CCOC(=O)Cn1c(O)c(N=NC(=O)OCC)c2ccccc21. The van der Waals surface area contributed by atoms with Crippen LogP contribution in [0, 0.1) is 0 Å². The minimum atomic E-state index is -0.853. The van der Waals surface area contributed by atoms with E-state index < -0.39 is 12.1 Å². The third-order valence-electron chi connectivity index (χ3n) is 3.01. The van der Waals surface area contributed by atoms with Gasteiger partial charge in [-0.15, -0.1) is 5.11 Å². The number of aromatic hydroxyl groups is 1. The molecule has 0 aliphatic heterocycles. The van der Waals surface area contributed by atoms with Crippen LogP contribution in [0.4, 0.5) is 10.5 Å². The molecular weight excluding hydrogens is 302 g/mol. The van der Waals surface area contributed by atoms with E-state index in [0.29, 0.717) is 10.9 Å². The maximum absolute atomic E-state index is 11.7. The number of hydrogen-bond acceptors (Lipinski definition) is 6. The van der Waals surface area contributed by atoms with Gasteiger partial charge >= 0.3 is 12.1 Å². The molecule has 23 heavy (non-hydrogen) atoms. The summed E-state index contributed by atoms with van der Waals surface area (Å²) < 4.78 is 10.9. The molecule has 0 saturated carbocycles. The average Bonchev–Trinajstić information content (AvgIpc) is 2.78. The third kappa shape index (κ3) is 3.65. The molecule has 0 aliphatic carbocycles. The highest BCUT2D eigenvalue weighted by Crippen LogP contribution is 2.38. The molecule has 1 aromatic heterocycles. The van der Waals surface area contributed by atoms with Crippen LogP contribution < -0.4 is 0 Å². The molecule has 2 rings (SSSR count). The number of esters is 1. The second-order valence-electron chi connectivity index (χ2n) is 4.48. The molecule has 0 radical (unpaired) electrons. The van der Waals surface area contributed by atoms with Gasteiger partial charge in [0.25, 0.3) is 0 Å². The number of ether oxygens (including phenoxy) is 2. The number of aromatic nitrogens is 1. The fraction of sp³-hybridized carbons (Fsp3) is 0.333. The van der Waals surface area contributed by atoms with Crippen LogP contribution in [0.3, 0.4) is 0 Å². The summed E-state index contributed by atoms with van der Waals surface area (Å²) in [7, 11) is 0. The number of para-hydroxylation sites is 1. The molecule has 0 bridgehead atoms. The van der Waals surface area contributed by atoms with Crippen LogP contribution in [0.5, 0.6) is 5.88 Å². The van der Waals surface area contributed by atoms with Gasteiger partial charge in [0.05, 0.1) is 18.7 Å². The molecule has 0 aliphatic rings. The Hall–Kier alpha value is -2.90. The molecule has 0 unspecified atom stereocenters. The van der Waals surface area contributed by atoms with E-state index in [2.05, 4.69) is 15.0 Å². The van der Waals surface area contributed by atoms with Gasteiger partial charge in [-0.3, -0.25) is 9.36 Å². The van der Waals surface area contributed by atoms with Crippen molar-refractivity contribution in [2.75, 3.05) is 13.2 Å². The quantitative estimate of drug-likeness (QED) is 0.673. The molecule has 1 heterocycles. The van der Waals surface area contributed by atoms with Gasteiger partial charge in [-0.25, -0.2) is 4.79 Å². The summed E-state index contributed by atoms with van der Waals surface area (Å²) in [4.78, 5) is 23.0. The molecule has 0 spiro atoms. The van der Waals surface area contributed by atoms with E-state index >= 15 is 0 Å². The van der Waals surface area contributed by atoms with Crippen LogP contribution in [0.15, 0.2) is 34.5 Å². The maximum Gasteiger partial charge on any atom is 0.452 e. The van der Waals surface area contributed by atoms with Gasteiger partial charge in [-0.2, -0.15) is 0 Å². The predicted octanol–water partition coefficient (Wildman–Crippen LogP) is 3.15.